The SMILES string of the molecule is Nc1ccc2c(c1)CC[C@H](C(=O)NC1CCCc3ccccc31)C2. The van der Waals surface area contributed by atoms with E-state index in [4.69, 9.17) is 5.73 Å². The lowest BCUT2D eigenvalue weighted by Crippen LogP contribution is -2.37. The first-order valence-electron chi connectivity index (χ1n) is 8.96. The summed E-state index contributed by atoms with van der Waals surface area (Å²) in [4.78, 5) is 12.8. The predicted octanol–water partition coefficient (Wildman–Crippen LogP) is 3.57. The fourth-order valence-electron chi connectivity index (χ4n) is 4.19. The number of anilines is 1. The molecule has 3 N–H and O–H groups in total. The van der Waals surface area contributed by atoms with Crippen LogP contribution in [0, 0.1) is 5.92 Å². The van der Waals surface area contributed by atoms with Crippen molar-refractivity contribution in [2.75, 3.05) is 5.73 Å². The third-order valence-electron chi connectivity index (χ3n) is 5.52. The Hall–Kier alpha value is -2.29. The molecule has 0 saturated carbocycles. The predicted molar refractivity (Wildman–Crippen MR) is 96.6 cm³/mol. The van der Waals surface area contributed by atoms with Gasteiger partial charge in [-0.25, -0.2) is 0 Å². The summed E-state index contributed by atoms with van der Waals surface area (Å²) in [6, 6.07) is 14.8. The highest BCUT2D eigenvalue weighted by Crippen LogP contribution is 2.31. The number of nitrogens with two attached hydrogens (primary N) is 1. The van der Waals surface area contributed by atoms with Crippen LogP contribution in [0.15, 0.2) is 42.5 Å². The van der Waals surface area contributed by atoms with E-state index in [0.29, 0.717) is 0 Å². The van der Waals surface area contributed by atoms with E-state index in [1.807, 2.05) is 6.07 Å². The molecule has 2 aliphatic carbocycles. The molecule has 3 heteroatoms. The lowest BCUT2D eigenvalue weighted by molar-refractivity contribution is -0.126. The second kappa shape index (κ2) is 6.31. The molecule has 3 nitrogen and oxygen atoms in total. The van der Waals surface area contributed by atoms with Gasteiger partial charge in [-0.1, -0.05) is 30.3 Å². The van der Waals surface area contributed by atoms with E-state index in [1.165, 1.54) is 22.3 Å². The number of benzene rings is 2. The number of hydrogen-bond donors (Lipinski definition) is 2. The van der Waals surface area contributed by atoms with Gasteiger partial charge in [0.2, 0.25) is 5.91 Å². The van der Waals surface area contributed by atoms with Gasteiger partial charge in [0.15, 0.2) is 0 Å². The standard InChI is InChI=1S/C21H24N2O/c22-18-11-10-15-12-17(9-8-16(15)13-18)21(24)23-20-7-3-5-14-4-1-2-6-19(14)20/h1-2,4,6,10-11,13,17,20H,3,5,7-9,12,22H2,(H,23,24)/t17-,20?/m0/s1. The maximum absolute atomic E-state index is 12.8. The Morgan fingerprint density at radius 2 is 1.88 bits per heavy atom. The molecule has 0 spiro atoms. The molecule has 1 amide bonds. The van der Waals surface area contributed by atoms with Gasteiger partial charge in [-0.3, -0.25) is 4.79 Å². The van der Waals surface area contributed by atoms with E-state index in [2.05, 4.69) is 41.7 Å². The van der Waals surface area contributed by atoms with Crippen LogP contribution in [0.3, 0.4) is 0 Å². The summed E-state index contributed by atoms with van der Waals surface area (Å²) >= 11 is 0. The smallest absolute Gasteiger partial charge is 0.223 e. The summed E-state index contributed by atoms with van der Waals surface area (Å²) < 4.78 is 0. The number of aryl methyl sites for hydroxylation is 2. The lowest BCUT2D eigenvalue weighted by atomic mass is 9.82. The third kappa shape index (κ3) is 2.91. The number of carbonyl (C=O) groups is 1. The summed E-state index contributed by atoms with van der Waals surface area (Å²) in [5, 5.41) is 3.32. The first kappa shape index (κ1) is 15.3. The average molecular weight is 320 g/mol. The van der Waals surface area contributed by atoms with Gasteiger partial charge in [0, 0.05) is 11.6 Å². The van der Waals surface area contributed by atoms with Gasteiger partial charge in [-0.05, 0) is 72.9 Å². The highest BCUT2D eigenvalue weighted by molar-refractivity contribution is 5.80. The van der Waals surface area contributed by atoms with Crippen LogP contribution in [-0.2, 0) is 24.1 Å². The molecule has 0 fully saturated rings. The molecular formula is C21H24N2O. The molecule has 0 heterocycles. The Bertz CT molecular complexity index is 768. The van der Waals surface area contributed by atoms with E-state index in [-0.39, 0.29) is 17.9 Å². The third-order valence-corrected chi connectivity index (χ3v) is 5.52. The molecule has 0 radical (unpaired) electrons. The van der Waals surface area contributed by atoms with E-state index >= 15 is 0 Å². The van der Waals surface area contributed by atoms with Crippen molar-refractivity contribution in [2.24, 2.45) is 5.92 Å². The van der Waals surface area contributed by atoms with Crippen LogP contribution in [0.5, 0.6) is 0 Å². The summed E-state index contributed by atoms with van der Waals surface area (Å²) in [7, 11) is 0. The molecule has 2 aromatic carbocycles. The number of amides is 1. The number of nitrogen functional groups attached to an aromatic ring is 1. The molecule has 124 valence electrons. The number of nitrogens with one attached hydrogen (secondary N) is 1. The topological polar surface area (TPSA) is 55.1 Å². The van der Waals surface area contributed by atoms with Crippen molar-refractivity contribution < 1.29 is 4.79 Å². The van der Waals surface area contributed by atoms with Gasteiger partial charge in [-0.2, -0.15) is 0 Å². The van der Waals surface area contributed by atoms with E-state index < -0.39 is 0 Å². The number of fused-ring (bicyclic) bond motifs is 2. The van der Waals surface area contributed by atoms with Crippen molar-refractivity contribution in [1.29, 1.82) is 0 Å². The van der Waals surface area contributed by atoms with Crippen molar-refractivity contribution in [1.82, 2.24) is 5.32 Å². The van der Waals surface area contributed by atoms with Crippen molar-refractivity contribution in [3.8, 4) is 0 Å². The van der Waals surface area contributed by atoms with Gasteiger partial charge in [0.05, 0.1) is 6.04 Å². The molecule has 0 bridgehead atoms. The summed E-state index contributed by atoms with van der Waals surface area (Å²) in [5.41, 5.74) is 12.0. The Morgan fingerprint density at radius 1 is 1.00 bits per heavy atom. The van der Waals surface area contributed by atoms with Crippen LogP contribution >= 0.6 is 0 Å². The Morgan fingerprint density at radius 3 is 2.79 bits per heavy atom. The second-order valence-corrected chi connectivity index (χ2v) is 7.12. The summed E-state index contributed by atoms with van der Waals surface area (Å²) in [5.74, 6) is 0.286. The Kier molecular flexibility index (Phi) is 4.01. The molecule has 0 aromatic heterocycles. The largest absolute Gasteiger partial charge is 0.399 e. The minimum Gasteiger partial charge on any atom is -0.399 e. The number of carbonyl (C=O) groups excluding carboxylic acids is 1. The molecule has 1 unspecified atom stereocenters. The number of hydrogen-bond acceptors (Lipinski definition) is 2. The zero-order valence-corrected chi connectivity index (χ0v) is 13.9. The zero-order chi connectivity index (χ0) is 16.5. The molecule has 2 aliphatic rings. The van der Waals surface area contributed by atoms with Crippen LogP contribution in [0.25, 0.3) is 0 Å². The molecule has 2 aromatic rings. The molecule has 24 heavy (non-hydrogen) atoms. The second-order valence-electron chi connectivity index (χ2n) is 7.12. The van der Waals surface area contributed by atoms with Gasteiger partial charge < -0.3 is 11.1 Å². The van der Waals surface area contributed by atoms with Crippen molar-refractivity contribution in [3.05, 3.63) is 64.7 Å². The van der Waals surface area contributed by atoms with Crippen molar-refractivity contribution >= 4 is 11.6 Å². The maximum atomic E-state index is 12.8. The van der Waals surface area contributed by atoms with E-state index in [9.17, 15) is 4.79 Å². The van der Waals surface area contributed by atoms with Gasteiger partial charge >= 0.3 is 0 Å². The zero-order valence-electron chi connectivity index (χ0n) is 13.9. The molecule has 2 atom stereocenters. The van der Waals surface area contributed by atoms with E-state index in [1.54, 1.807) is 0 Å². The molecule has 0 saturated heterocycles. The lowest BCUT2D eigenvalue weighted by Gasteiger charge is -2.30. The van der Waals surface area contributed by atoms with Crippen LogP contribution < -0.4 is 11.1 Å². The minimum atomic E-state index is 0.0789. The highest BCUT2D eigenvalue weighted by atomic mass is 16.1. The molecular weight excluding hydrogens is 296 g/mol. The molecule has 4 rings (SSSR count). The van der Waals surface area contributed by atoms with Crippen LogP contribution in [0.1, 0.15) is 47.6 Å². The highest BCUT2D eigenvalue weighted by Gasteiger charge is 2.28. The van der Waals surface area contributed by atoms with Crippen LogP contribution in [0.4, 0.5) is 5.69 Å². The maximum Gasteiger partial charge on any atom is 0.223 e. The first-order valence-corrected chi connectivity index (χ1v) is 8.96. The van der Waals surface area contributed by atoms with Crippen LogP contribution in [-0.4, -0.2) is 5.91 Å². The molecule has 0 aliphatic heterocycles. The summed E-state index contributed by atoms with van der Waals surface area (Å²) in [6.07, 6.45) is 6.00. The Balaban J connectivity index is 1.47. The van der Waals surface area contributed by atoms with Gasteiger partial charge in [-0.15, -0.1) is 0 Å². The fraction of sp³-hybridized carbons (Fsp3) is 0.381. The number of rotatable bonds is 2. The van der Waals surface area contributed by atoms with Crippen LogP contribution in [0.2, 0.25) is 0 Å². The minimum absolute atomic E-state index is 0.0789. The van der Waals surface area contributed by atoms with E-state index in [0.717, 1.165) is 44.2 Å². The summed E-state index contributed by atoms with van der Waals surface area (Å²) in [6.45, 7) is 0. The fourth-order valence-corrected chi connectivity index (χ4v) is 4.19. The van der Waals surface area contributed by atoms with Gasteiger partial charge in [0.25, 0.3) is 0 Å². The average Bonchev–Trinajstić information content (AvgIpc) is 2.61. The van der Waals surface area contributed by atoms with Crippen molar-refractivity contribution in [3.63, 3.8) is 0 Å². The normalized spacial score (nSPS) is 22.3. The monoisotopic (exact) mass is 320 g/mol. The van der Waals surface area contributed by atoms with Crippen molar-refractivity contribution in [2.45, 2.75) is 44.6 Å². The Labute approximate surface area is 143 Å². The quantitative estimate of drug-likeness (QED) is 0.831. The van der Waals surface area contributed by atoms with Gasteiger partial charge in [0.1, 0.15) is 0 Å². The first-order chi connectivity index (χ1) is 11.7.